The van der Waals surface area contributed by atoms with E-state index < -0.39 is 15.4 Å². The normalized spacial score (nSPS) is 12.3. The molecule has 0 aliphatic carbocycles. The molecule has 0 aliphatic heterocycles. The van der Waals surface area contributed by atoms with E-state index in [1.165, 1.54) is 0 Å². The van der Waals surface area contributed by atoms with Gasteiger partial charge in [-0.2, -0.15) is 8.42 Å². The van der Waals surface area contributed by atoms with Crippen molar-refractivity contribution in [1.29, 1.82) is 0 Å². The van der Waals surface area contributed by atoms with Crippen molar-refractivity contribution in [2.45, 2.75) is 38.4 Å². The maximum Gasteiger partial charge on any atom is 0.269 e. The van der Waals surface area contributed by atoms with Crippen molar-refractivity contribution in [2.24, 2.45) is 0 Å². The van der Waals surface area contributed by atoms with E-state index in [1.54, 1.807) is 13.8 Å². The summed E-state index contributed by atoms with van der Waals surface area (Å²) in [6, 6.07) is 0. The molecule has 0 spiro atoms. The Morgan fingerprint density at radius 1 is 1.15 bits per heavy atom. The molecule has 1 radical (unpaired) electrons. The van der Waals surface area contributed by atoms with Gasteiger partial charge >= 0.3 is 0 Å². The van der Waals surface area contributed by atoms with Gasteiger partial charge in [0.05, 0.1) is 18.5 Å². The summed E-state index contributed by atoms with van der Waals surface area (Å²) in [4.78, 5) is 0. The fourth-order valence-electron chi connectivity index (χ4n) is 0.692. The van der Waals surface area contributed by atoms with Crippen LogP contribution in [0.3, 0.4) is 0 Å². The van der Waals surface area contributed by atoms with E-state index in [2.05, 4.69) is 0 Å². The molecule has 13 heavy (non-hydrogen) atoms. The van der Waals surface area contributed by atoms with Gasteiger partial charge in [0.25, 0.3) is 10.1 Å². The summed E-state index contributed by atoms with van der Waals surface area (Å²) in [6.07, 6.45) is 1.95. The number of hydrogen-bond acceptors (Lipinski definition) is 3. The zero-order valence-electron chi connectivity index (χ0n) is 8.15. The summed E-state index contributed by atoms with van der Waals surface area (Å²) in [5, 5.41) is 9.55. The Balaban J connectivity index is 3.53. The number of rotatable bonds is 7. The van der Waals surface area contributed by atoms with E-state index in [9.17, 15) is 13.5 Å². The summed E-state index contributed by atoms with van der Waals surface area (Å²) < 4.78 is 26.9. The summed E-state index contributed by atoms with van der Waals surface area (Å²) in [7, 11) is -3.36. The molecule has 0 heterocycles. The molecule has 5 heteroatoms. The second kappa shape index (κ2) is 6.34. The molecule has 0 rings (SSSR count). The van der Waals surface area contributed by atoms with Crippen molar-refractivity contribution in [3.8, 4) is 0 Å². The third-order valence-corrected chi connectivity index (χ3v) is 3.26. The fraction of sp³-hybridized carbons (Fsp3) is 1.00. The van der Waals surface area contributed by atoms with Crippen molar-refractivity contribution in [3.05, 3.63) is 0 Å². The third-order valence-electron chi connectivity index (χ3n) is 1.61. The fourth-order valence-corrected chi connectivity index (χ4v) is 1.31. The monoisotopic (exact) mass is 209 g/mol. The van der Waals surface area contributed by atoms with E-state index in [0.717, 1.165) is 6.42 Å². The lowest BCUT2D eigenvalue weighted by Crippen LogP contribution is -2.17. The van der Waals surface area contributed by atoms with Crippen LogP contribution in [0.5, 0.6) is 0 Å². The lowest BCUT2D eigenvalue weighted by atomic mass is 10.2. The molecule has 0 aromatic heterocycles. The first kappa shape index (κ1) is 12.9. The molecule has 0 N–H and O–H groups in total. The summed E-state index contributed by atoms with van der Waals surface area (Å²) in [5.74, 6) is 0. The molecule has 0 atom stereocenters. The SMILES string of the molecule is CC(C)S(=O)(=O)OCCCCC[O]. The smallest absolute Gasteiger partial charge is 0.269 e. The Morgan fingerprint density at radius 2 is 1.77 bits per heavy atom. The first-order valence-electron chi connectivity index (χ1n) is 4.47. The van der Waals surface area contributed by atoms with Gasteiger partial charge < -0.3 is 0 Å². The average molecular weight is 209 g/mol. The van der Waals surface area contributed by atoms with Crippen molar-refractivity contribution in [3.63, 3.8) is 0 Å². The molecular formula is C8H17O4S. The minimum atomic E-state index is -3.36. The van der Waals surface area contributed by atoms with Crippen LogP contribution in [0.15, 0.2) is 0 Å². The van der Waals surface area contributed by atoms with Crippen LogP contribution >= 0.6 is 0 Å². The Bertz CT molecular complexity index is 208. The second-order valence-corrected chi connectivity index (χ2v) is 5.29. The van der Waals surface area contributed by atoms with Crippen LogP contribution in [0.1, 0.15) is 33.1 Å². The molecule has 0 aromatic carbocycles. The van der Waals surface area contributed by atoms with Gasteiger partial charge in [0.2, 0.25) is 0 Å². The molecular weight excluding hydrogens is 192 g/mol. The van der Waals surface area contributed by atoms with Gasteiger partial charge in [-0.25, -0.2) is 5.11 Å². The highest BCUT2D eigenvalue weighted by Gasteiger charge is 2.15. The zero-order chi connectivity index (χ0) is 10.3. The molecule has 79 valence electrons. The Morgan fingerprint density at radius 3 is 2.23 bits per heavy atom. The first-order valence-corrected chi connectivity index (χ1v) is 5.94. The zero-order valence-corrected chi connectivity index (χ0v) is 8.97. The maximum atomic E-state index is 11.1. The first-order chi connectivity index (χ1) is 6.00. The minimum Gasteiger partial charge on any atom is -0.270 e. The predicted octanol–water partition coefficient (Wildman–Crippen LogP) is 1.34. The summed E-state index contributed by atoms with van der Waals surface area (Å²) in [5.41, 5.74) is 0. The molecule has 0 aromatic rings. The van der Waals surface area contributed by atoms with E-state index >= 15 is 0 Å². The van der Waals surface area contributed by atoms with E-state index in [1.807, 2.05) is 0 Å². The van der Waals surface area contributed by atoms with E-state index in [4.69, 9.17) is 4.18 Å². The van der Waals surface area contributed by atoms with Gasteiger partial charge in [-0.1, -0.05) is 0 Å². The quantitative estimate of drug-likeness (QED) is 0.469. The van der Waals surface area contributed by atoms with Gasteiger partial charge in [-0.05, 0) is 33.1 Å². The third kappa shape index (κ3) is 6.01. The van der Waals surface area contributed by atoms with Gasteiger partial charge in [0.15, 0.2) is 0 Å². The predicted molar refractivity (Wildman–Crippen MR) is 49.4 cm³/mol. The lowest BCUT2D eigenvalue weighted by molar-refractivity contribution is 0.183. The van der Waals surface area contributed by atoms with Crippen LogP contribution in [0.2, 0.25) is 0 Å². The maximum absolute atomic E-state index is 11.1. The molecule has 0 bridgehead atoms. The molecule has 0 saturated carbocycles. The Kier molecular flexibility index (Phi) is 6.28. The van der Waals surface area contributed by atoms with Crippen LogP contribution in [-0.4, -0.2) is 26.9 Å². The van der Waals surface area contributed by atoms with E-state index in [-0.39, 0.29) is 13.2 Å². The highest BCUT2D eigenvalue weighted by atomic mass is 32.2. The van der Waals surface area contributed by atoms with Crippen molar-refractivity contribution >= 4 is 10.1 Å². The minimum absolute atomic E-state index is 0.100. The van der Waals surface area contributed by atoms with Gasteiger partial charge in [-0.15, -0.1) is 0 Å². The Hall–Kier alpha value is -0.130. The van der Waals surface area contributed by atoms with Crippen LogP contribution in [0.4, 0.5) is 0 Å². The standard InChI is InChI=1S/C8H17O4S/c1-8(2)13(10,11)12-7-5-3-4-6-9/h8H,3-7H2,1-2H3. The molecule has 0 unspecified atom stereocenters. The summed E-state index contributed by atoms with van der Waals surface area (Å²) in [6.45, 7) is 3.25. The van der Waals surface area contributed by atoms with Crippen LogP contribution in [0.25, 0.3) is 0 Å². The van der Waals surface area contributed by atoms with Crippen LogP contribution in [0, 0.1) is 0 Å². The number of hydrogen-bond donors (Lipinski definition) is 0. The topological polar surface area (TPSA) is 63.3 Å². The summed E-state index contributed by atoms with van der Waals surface area (Å²) >= 11 is 0. The molecule has 0 aliphatic rings. The molecule has 0 saturated heterocycles. The van der Waals surface area contributed by atoms with E-state index in [0.29, 0.717) is 12.8 Å². The largest absolute Gasteiger partial charge is 0.270 e. The number of unbranched alkanes of at least 4 members (excludes halogenated alkanes) is 2. The van der Waals surface area contributed by atoms with Gasteiger partial charge in [0, 0.05) is 0 Å². The highest BCUT2D eigenvalue weighted by molar-refractivity contribution is 7.87. The second-order valence-electron chi connectivity index (χ2n) is 3.13. The molecule has 4 nitrogen and oxygen atoms in total. The molecule has 0 amide bonds. The highest BCUT2D eigenvalue weighted by Crippen LogP contribution is 2.04. The van der Waals surface area contributed by atoms with Gasteiger partial charge in [0.1, 0.15) is 0 Å². The molecule has 0 fully saturated rings. The van der Waals surface area contributed by atoms with Crippen molar-refractivity contribution < 1.29 is 17.7 Å². The average Bonchev–Trinajstić information content (AvgIpc) is 2.03. The van der Waals surface area contributed by atoms with Gasteiger partial charge in [-0.3, -0.25) is 4.18 Å². The Labute approximate surface area is 80.0 Å². The van der Waals surface area contributed by atoms with Crippen LogP contribution < -0.4 is 0 Å². The van der Waals surface area contributed by atoms with Crippen molar-refractivity contribution in [1.82, 2.24) is 0 Å². The van der Waals surface area contributed by atoms with Crippen molar-refractivity contribution in [2.75, 3.05) is 13.2 Å². The lowest BCUT2D eigenvalue weighted by Gasteiger charge is -2.07. The van der Waals surface area contributed by atoms with Crippen LogP contribution in [-0.2, 0) is 19.4 Å².